The van der Waals surface area contributed by atoms with E-state index in [0.29, 0.717) is 5.69 Å². The van der Waals surface area contributed by atoms with Crippen molar-refractivity contribution in [1.82, 2.24) is 4.98 Å². The van der Waals surface area contributed by atoms with Crippen LogP contribution < -0.4 is 5.32 Å². The molecule has 1 amide bonds. The highest BCUT2D eigenvalue weighted by atomic mass is 32.1. The van der Waals surface area contributed by atoms with E-state index in [4.69, 9.17) is 0 Å². The number of hydrogen-bond acceptors (Lipinski definition) is 3. The summed E-state index contributed by atoms with van der Waals surface area (Å²) >= 11 is 1.45. The van der Waals surface area contributed by atoms with Crippen molar-refractivity contribution in [2.75, 3.05) is 5.32 Å². The van der Waals surface area contributed by atoms with Crippen LogP contribution in [0.3, 0.4) is 0 Å². The Hall–Kier alpha value is -3.31. The lowest BCUT2D eigenvalue weighted by molar-refractivity contribution is -0.115. The van der Waals surface area contributed by atoms with Crippen LogP contribution in [-0.4, -0.2) is 10.9 Å². The minimum absolute atomic E-state index is 0.110. The van der Waals surface area contributed by atoms with Crippen molar-refractivity contribution in [3.05, 3.63) is 107 Å². The van der Waals surface area contributed by atoms with E-state index in [1.54, 1.807) is 12.1 Å². The average molecular weight is 402 g/mol. The number of amides is 1. The molecule has 0 bridgehead atoms. The zero-order valence-corrected chi connectivity index (χ0v) is 16.5. The van der Waals surface area contributed by atoms with Gasteiger partial charge in [0, 0.05) is 16.6 Å². The number of nitrogens with zero attached hydrogens (tertiary/aromatic N) is 1. The number of carbonyl (C=O) groups is 1. The Balaban J connectivity index is 1.43. The van der Waals surface area contributed by atoms with Gasteiger partial charge in [0.25, 0.3) is 0 Å². The molecule has 1 aromatic heterocycles. The number of thiazole rings is 1. The van der Waals surface area contributed by atoms with Crippen LogP contribution in [0.25, 0.3) is 10.6 Å². The number of nitrogens with one attached hydrogen (secondary N) is 1. The van der Waals surface area contributed by atoms with Crippen LogP contribution in [0.15, 0.2) is 84.2 Å². The number of para-hydroxylation sites is 1. The molecule has 29 heavy (non-hydrogen) atoms. The maximum atomic E-state index is 13.1. The van der Waals surface area contributed by atoms with Crippen molar-refractivity contribution in [3.63, 3.8) is 0 Å². The fraction of sp³-hybridized carbons (Fsp3) is 0.0833. The maximum absolute atomic E-state index is 13.1. The molecule has 4 rings (SSSR count). The molecule has 0 radical (unpaired) electrons. The zero-order valence-electron chi connectivity index (χ0n) is 15.6. The molecule has 0 saturated carbocycles. The Morgan fingerprint density at radius 3 is 2.45 bits per heavy atom. The second kappa shape index (κ2) is 8.80. The number of aromatic nitrogens is 1. The summed E-state index contributed by atoms with van der Waals surface area (Å²) in [6, 6.07) is 24.2. The Morgan fingerprint density at radius 2 is 1.66 bits per heavy atom. The molecule has 0 aliphatic rings. The lowest BCUT2D eigenvalue weighted by Crippen LogP contribution is -2.15. The van der Waals surface area contributed by atoms with Crippen molar-refractivity contribution in [3.8, 4) is 10.6 Å². The molecule has 4 aromatic rings. The summed E-state index contributed by atoms with van der Waals surface area (Å²) in [5, 5.41) is 5.66. The van der Waals surface area contributed by atoms with Gasteiger partial charge in [-0.3, -0.25) is 4.79 Å². The van der Waals surface area contributed by atoms with Gasteiger partial charge in [-0.1, -0.05) is 48.5 Å². The van der Waals surface area contributed by atoms with E-state index in [-0.39, 0.29) is 18.1 Å². The Labute approximate surface area is 172 Å². The first kappa shape index (κ1) is 19.0. The van der Waals surface area contributed by atoms with Crippen molar-refractivity contribution >= 4 is 22.9 Å². The molecular formula is C24H19FN2OS. The van der Waals surface area contributed by atoms with Gasteiger partial charge in [0.05, 0.1) is 12.1 Å². The fourth-order valence-corrected chi connectivity index (χ4v) is 3.91. The van der Waals surface area contributed by atoms with E-state index in [0.717, 1.165) is 28.2 Å². The summed E-state index contributed by atoms with van der Waals surface area (Å²) in [7, 11) is 0. The molecule has 0 saturated heterocycles. The van der Waals surface area contributed by atoms with Crippen LogP contribution in [0.2, 0.25) is 0 Å². The van der Waals surface area contributed by atoms with Gasteiger partial charge in [0.15, 0.2) is 0 Å². The second-order valence-electron chi connectivity index (χ2n) is 6.70. The molecule has 144 valence electrons. The van der Waals surface area contributed by atoms with Crippen LogP contribution in [-0.2, 0) is 17.6 Å². The first-order valence-corrected chi connectivity index (χ1v) is 10.2. The first-order chi connectivity index (χ1) is 14.2. The molecule has 0 spiro atoms. The van der Waals surface area contributed by atoms with Gasteiger partial charge in [-0.15, -0.1) is 11.3 Å². The summed E-state index contributed by atoms with van der Waals surface area (Å²) in [6.07, 6.45) is 0.945. The Morgan fingerprint density at radius 1 is 0.931 bits per heavy atom. The van der Waals surface area contributed by atoms with Crippen LogP contribution in [0.5, 0.6) is 0 Å². The topological polar surface area (TPSA) is 42.0 Å². The third-order valence-electron chi connectivity index (χ3n) is 4.51. The molecule has 0 fully saturated rings. The van der Waals surface area contributed by atoms with Crippen LogP contribution in [0.1, 0.15) is 16.8 Å². The highest BCUT2D eigenvalue weighted by Gasteiger charge is 2.11. The number of anilines is 1. The van der Waals surface area contributed by atoms with Gasteiger partial charge in [-0.05, 0) is 47.9 Å². The minimum atomic E-state index is -0.279. The van der Waals surface area contributed by atoms with Crippen LogP contribution >= 0.6 is 11.3 Å². The van der Waals surface area contributed by atoms with Crippen molar-refractivity contribution in [2.24, 2.45) is 0 Å². The molecule has 1 heterocycles. The van der Waals surface area contributed by atoms with Crippen molar-refractivity contribution in [1.29, 1.82) is 0 Å². The fourth-order valence-electron chi connectivity index (χ4n) is 3.08. The standard InChI is InChI=1S/C24H19FN2OS/c25-20-12-10-18(11-13-20)24-26-21(16-29-24)15-23(28)27-22-9-5-4-8-19(22)14-17-6-2-1-3-7-17/h1-13,16H,14-15H2,(H,27,28). The number of rotatable bonds is 6. The van der Waals surface area contributed by atoms with E-state index in [2.05, 4.69) is 22.4 Å². The Kier molecular flexibility index (Phi) is 5.77. The smallest absolute Gasteiger partial charge is 0.230 e. The van der Waals surface area contributed by atoms with Gasteiger partial charge >= 0.3 is 0 Å². The van der Waals surface area contributed by atoms with Gasteiger partial charge in [-0.2, -0.15) is 0 Å². The summed E-state index contributed by atoms with van der Waals surface area (Å²) in [4.78, 5) is 17.1. The predicted molar refractivity (Wildman–Crippen MR) is 116 cm³/mol. The Bertz CT molecular complexity index is 1110. The lowest BCUT2D eigenvalue weighted by Gasteiger charge is -2.11. The largest absolute Gasteiger partial charge is 0.325 e. The monoisotopic (exact) mass is 402 g/mol. The number of hydrogen-bond donors (Lipinski definition) is 1. The molecule has 0 unspecified atom stereocenters. The third-order valence-corrected chi connectivity index (χ3v) is 5.45. The number of halogens is 1. The van der Waals surface area contributed by atoms with Gasteiger partial charge in [0.1, 0.15) is 10.8 Å². The predicted octanol–water partition coefficient (Wildman–Crippen LogP) is 5.72. The van der Waals surface area contributed by atoms with E-state index in [1.165, 1.54) is 29.0 Å². The molecule has 3 nitrogen and oxygen atoms in total. The number of benzene rings is 3. The van der Waals surface area contributed by atoms with E-state index >= 15 is 0 Å². The summed E-state index contributed by atoms with van der Waals surface area (Å²) in [6.45, 7) is 0. The van der Waals surface area contributed by atoms with Gasteiger partial charge in [0.2, 0.25) is 5.91 Å². The van der Waals surface area contributed by atoms with E-state index < -0.39 is 0 Å². The molecule has 0 aliphatic carbocycles. The maximum Gasteiger partial charge on any atom is 0.230 e. The van der Waals surface area contributed by atoms with Crippen molar-refractivity contribution < 1.29 is 9.18 Å². The van der Waals surface area contributed by atoms with E-state index in [9.17, 15) is 9.18 Å². The zero-order chi connectivity index (χ0) is 20.1. The molecule has 0 aliphatic heterocycles. The quantitative estimate of drug-likeness (QED) is 0.448. The molecule has 3 aromatic carbocycles. The molecule has 0 atom stereocenters. The summed E-state index contributed by atoms with van der Waals surface area (Å²) in [5.74, 6) is -0.388. The van der Waals surface area contributed by atoms with Gasteiger partial charge < -0.3 is 5.32 Å². The van der Waals surface area contributed by atoms with E-state index in [1.807, 2.05) is 47.8 Å². The molecular weight excluding hydrogens is 383 g/mol. The van der Waals surface area contributed by atoms with Gasteiger partial charge in [-0.25, -0.2) is 9.37 Å². The van der Waals surface area contributed by atoms with Crippen molar-refractivity contribution in [2.45, 2.75) is 12.8 Å². The summed E-state index contributed by atoms with van der Waals surface area (Å²) in [5.41, 5.74) is 4.62. The first-order valence-electron chi connectivity index (χ1n) is 9.29. The normalized spacial score (nSPS) is 10.7. The molecule has 5 heteroatoms. The average Bonchev–Trinajstić information content (AvgIpc) is 3.19. The number of carbonyl (C=O) groups excluding carboxylic acids is 1. The highest BCUT2D eigenvalue weighted by molar-refractivity contribution is 7.13. The van der Waals surface area contributed by atoms with Crippen LogP contribution in [0.4, 0.5) is 10.1 Å². The van der Waals surface area contributed by atoms with Crippen LogP contribution in [0, 0.1) is 5.82 Å². The minimum Gasteiger partial charge on any atom is -0.325 e. The summed E-state index contributed by atoms with van der Waals surface area (Å²) < 4.78 is 13.1. The SMILES string of the molecule is O=C(Cc1csc(-c2ccc(F)cc2)n1)Nc1ccccc1Cc1ccccc1. The lowest BCUT2D eigenvalue weighted by atomic mass is 10.0. The third kappa shape index (κ3) is 4.95. The highest BCUT2D eigenvalue weighted by Crippen LogP contribution is 2.24. The molecule has 1 N–H and O–H groups in total. The second-order valence-corrected chi connectivity index (χ2v) is 7.55.